The van der Waals surface area contributed by atoms with Gasteiger partial charge in [0.25, 0.3) is 0 Å². The van der Waals surface area contributed by atoms with Crippen LogP contribution >= 0.6 is 0 Å². The first-order valence-electron chi connectivity index (χ1n) is 9.48. The van der Waals surface area contributed by atoms with E-state index in [9.17, 15) is 8.78 Å². The second-order valence-electron chi connectivity index (χ2n) is 6.42. The first-order chi connectivity index (χ1) is 15.2. The lowest BCUT2D eigenvalue weighted by atomic mass is 10.2. The van der Waals surface area contributed by atoms with E-state index in [1.807, 2.05) is 36.4 Å². The van der Waals surface area contributed by atoms with Crippen LogP contribution < -0.4 is 18.8 Å². The average Bonchev–Trinajstić information content (AvgIpc) is 2.79. The lowest BCUT2D eigenvalue weighted by molar-refractivity contribution is 0.412. The third-order valence-corrected chi connectivity index (χ3v) is 4.19. The summed E-state index contributed by atoms with van der Waals surface area (Å²) in [5, 5.41) is 0. The normalized spacial score (nSPS) is 10.3. The molecule has 0 aliphatic heterocycles. The van der Waals surface area contributed by atoms with Crippen LogP contribution in [0.2, 0.25) is 0 Å². The molecule has 0 heterocycles. The Kier molecular flexibility index (Phi) is 6.33. The van der Waals surface area contributed by atoms with Gasteiger partial charge in [0.15, 0.2) is 11.6 Å². The Hall–Kier alpha value is -4.00. The van der Waals surface area contributed by atoms with E-state index in [1.165, 1.54) is 36.4 Å². The molecule has 0 saturated carbocycles. The number of ether oxygens (including phenoxy) is 2. The Morgan fingerprint density at radius 2 is 0.903 bits per heavy atom. The van der Waals surface area contributed by atoms with Gasteiger partial charge in [0, 0.05) is 12.1 Å². The fourth-order valence-corrected chi connectivity index (χ4v) is 2.72. The minimum Gasteiger partial charge on any atom is -0.526 e. The minimum atomic E-state index is -0.592. The highest BCUT2D eigenvalue weighted by molar-refractivity contribution is 6.20. The summed E-state index contributed by atoms with van der Waals surface area (Å²) in [7, 11) is -0.405. The summed E-state index contributed by atoms with van der Waals surface area (Å²) in [5.74, 6) is 0.661. The molecule has 4 aromatic carbocycles. The standard InChI is InChI=1S/C24H17BF2O4/c26-21-13-11-19(28-17-7-3-1-4-8-17)15-23(21)30-25-31-24-16-20(12-14-22(24)27)29-18-9-5-2-6-10-18/h1-16,25H. The summed E-state index contributed by atoms with van der Waals surface area (Å²) in [6, 6.07) is 26.4. The average molecular weight is 418 g/mol. The Balaban J connectivity index is 1.40. The van der Waals surface area contributed by atoms with E-state index in [1.54, 1.807) is 24.3 Å². The maximum atomic E-state index is 14.1. The molecule has 0 unspecified atom stereocenters. The Morgan fingerprint density at radius 3 is 1.32 bits per heavy atom. The Morgan fingerprint density at radius 1 is 0.484 bits per heavy atom. The van der Waals surface area contributed by atoms with E-state index in [0.717, 1.165) is 0 Å². The molecule has 31 heavy (non-hydrogen) atoms. The molecule has 0 fully saturated rings. The lowest BCUT2D eigenvalue weighted by Crippen LogP contribution is -2.12. The number of benzene rings is 4. The summed E-state index contributed by atoms with van der Waals surface area (Å²) in [6.07, 6.45) is 0. The molecule has 0 bridgehead atoms. The SMILES string of the molecule is Fc1ccc(Oc2ccccc2)cc1OBOc1cc(Oc2ccccc2)ccc1F. The predicted molar refractivity (Wildman–Crippen MR) is 114 cm³/mol. The van der Waals surface area contributed by atoms with Crippen LogP contribution in [0.15, 0.2) is 97.1 Å². The Labute approximate surface area is 178 Å². The second kappa shape index (κ2) is 9.67. The fourth-order valence-electron chi connectivity index (χ4n) is 2.72. The van der Waals surface area contributed by atoms with Gasteiger partial charge < -0.3 is 18.8 Å². The fraction of sp³-hybridized carbons (Fsp3) is 0. The van der Waals surface area contributed by atoms with Crippen LogP contribution in [0.5, 0.6) is 34.5 Å². The molecule has 7 heteroatoms. The first-order valence-corrected chi connectivity index (χ1v) is 9.48. The van der Waals surface area contributed by atoms with E-state index in [0.29, 0.717) is 23.0 Å². The predicted octanol–water partition coefficient (Wildman–Crippen LogP) is 6.27. The zero-order chi connectivity index (χ0) is 21.5. The summed E-state index contributed by atoms with van der Waals surface area (Å²) in [6.45, 7) is 0. The highest BCUT2D eigenvalue weighted by atomic mass is 19.1. The van der Waals surface area contributed by atoms with Crippen molar-refractivity contribution in [3.05, 3.63) is 109 Å². The van der Waals surface area contributed by atoms with Crippen molar-refractivity contribution in [2.75, 3.05) is 0 Å². The number of halogens is 2. The molecule has 0 aliphatic carbocycles. The minimum absolute atomic E-state index is 0.0782. The number of para-hydroxylation sites is 2. The second-order valence-corrected chi connectivity index (χ2v) is 6.42. The highest BCUT2D eigenvalue weighted by Crippen LogP contribution is 2.29. The monoisotopic (exact) mass is 418 g/mol. The van der Waals surface area contributed by atoms with E-state index in [4.69, 9.17) is 18.8 Å². The van der Waals surface area contributed by atoms with E-state index in [-0.39, 0.29) is 11.5 Å². The van der Waals surface area contributed by atoms with Gasteiger partial charge >= 0.3 is 7.69 Å². The molecule has 0 aliphatic rings. The summed E-state index contributed by atoms with van der Waals surface area (Å²) >= 11 is 0. The van der Waals surface area contributed by atoms with Crippen molar-refractivity contribution in [3.63, 3.8) is 0 Å². The van der Waals surface area contributed by atoms with Gasteiger partial charge in [-0.2, -0.15) is 0 Å². The van der Waals surface area contributed by atoms with Gasteiger partial charge in [-0.1, -0.05) is 36.4 Å². The molecule has 0 spiro atoms. The summed E-state index contributed by atoms with van der Waals surface area (Å²) < 4.78 is 50.2. The summed E-state index contributed by atoms with van der Waals surface area (Å²) in [5.41, 5.74) is 0. The topological polar surface area (TPSA) is 36.9 Å². The quantitative estimate of drug-likeness (QED) is 0.316. The molecule has 0 saturated heterocycles. The number of hydrogen-bond donors (Lipinski definition) is 0. The first kappa shape index (κ1) is 20.3. The largest absolute Gasteiger partial charge is 0.576 e. The third kappa shape index (κ3) is 5.54. The van der Waals surface area contributed by atoms with Crippen LogP contribution in [0.25, 0.3) is 0 Å². The van der Waals surface area contributed by atoms with Crippen molar-refractivity contribution in [2.24, 2.45) is 0 Å². The van der Waals surface area contributed by atoms with E-state index >= 15 is 0 Å². The molecule has 4 rings (SSSR count). The molecule has 0 radical (unpaired) electrons. The zero-order valence-electron chi connectivity index (χ0n) is 16.3. The van der Waals surface area contributed by atoms with Gasteiger partial charge in [0.05, 0.1) is 0 Å². The Bertz CT molecular complexity index is 1050. The van der Waals surface area contributed by atoms with Gasteiger partial charge in [-0.3, -0.25) is 0 Å². The summed E-state index contributed by atoms with van der Waals surface area (Å²) in [4.78, 5) is 0. The van der Waals surface area contributed by atoms with Crippen molar-refractivity contribution in [1.29, 1.82) is 0 Å². The molecule has 0 amide bonds. The maximum Gasteiger partial charge on any atom is 0.576 e. The molecular formula is C24H17BF2O4. The van der Waals surface area contributed by atoms with Gasteiger partial charge in [-0.25, -0.2) is 8.78 Å². The third-order valence-electron chi connectivity index (χ3n) is 4.19. The molecule has 4 aromatic rings. The molecular weight excluding hydrogens is 401 g/mol. The van der Waals surface area contributed by atoms with Gasteiger partial charge in [-0.05, 0) is 48.5 Å². The van der Waals surface area contributed by atoms with Crippen LogP contribution in [0.1, 0.15) is 0 Å². The molecule has 154 valence electrons. The molecule has 0 N–H and O–H groups in total. The van der Waals surface area contributed by atoms with Gasteiger partial charge in [0.1, 0.15) is 34.5 Å². The maximum absolute atomic E-state index is 14.1. The van der Waals surface area contributed by atoms with Crippen molar-refractivity contribution in [1.82, 2.24) is 0 Å². The zero-order valence-corrected chi connectivity index (χ0v) is 16.3. The molecule has 0 aromatic heterocycles. The number of hydrogen-bond acceptors (Lipinski definition) is 4. The lowest BCUT2D eigenvalue weighted by Gasteiger charge is -2.12. The van der Waals surface area contributed by atoms with Crippen LogP contribution in [0.3, 0.4) is 0 Å². The van der Waals surface area contributed by atoms with Gasteiger partial charge in [0.2, 0.25) is 0 Å². The van der Waals surface area contributed by atoms with E-state index < -0.39 is 19.3 Å². The smallest absolute Gasteiger partial charge is 0.526 e. The van der Waals surface area contributed by atoms with Crippen molar-refractivity contribution in [3.8, 4) is 34.5 Å². The van der Waals surface area contributed by atoms with Crippen LogP contribution in [-0.4, -0.2) is 7.69 Å². The van der Waals surface area contributed by atoms with E-state index in [2.05, 4.69) is 0 Å². The number of rotatable bonds is 8. The van der Waals surface area contributed by atoms with Crippen molar-refractivity contribution >= 4 is 7.69 Å². The molecule has 0 atom stereocenters. The van der Waals surface area contributed by atoms with Crippen LogP contribution in [0, 0.1) is 11.6 Å². The van der Waals surface area contributed by atoms with Gasteiger partial charge in [-0.15, -0.1) is 0 Å². The van der Waals surface area contributed by atoms with Crippen LogP contribution in [0.4, 0.5) is 8.78 Å². The van der Waals surface area contributed by atoms with Crippen LogP contribution in [-0.2, 0) is 0 Å². The molecule has 4 nitrogen and oxygen atoms in total. The highest BCUT2D eigenvalue weighted by Gasteiger charge is 2.11. The van der Waals surface area contributed by atoms with Crippen molar-refractivity contribution in [2.45, 2.75) is 0 Å². The van der Waals surface area contributed by atoms with Crippen molar-refractivity contribution < 1.29 is 27.6 Å².